The van der Waals surface area contributed by atoms with Gasteiger partial charge in [-0.2, -0.15) is 0 Å². The van der Waals surface area contributed by atoms with E-state index in [0.717, 1.165) is 13.0 Å². The maximum atomic E-state index is 11.1. The van der Waals surface area contributed by atoms with Gasteiger partial charge in [0.2, 0.25) is 0 Å². The maximum absolute atomic E-state index is 11.1. The van der Waals surface area contributed by atoms with Crippen LogP contribution in [0.15, 0.2) is 30.3 Å². The van der Waals surface area contributed by atoms with Crippen LogP contribution in [0.3, 0.4) is 0 Å². The summed E-state index contributed by atoms with van der Waals surface area (Å²) >= 11 is 0. The summed E-state index contributed by atoms with van der Waals surface area (Å²) in [4.78, 5) is 11.1. The predicted molar refractivity (Wildman–Crippen MR) is 87.5 cm³/mol. The third kappa shape index (κ3) is 6.49. The van der Waals surface area contributed by atoms with Crippen molar-refractivity contribution >= 4 is 18.4 Å². The quantitative estimate of drug-likeness (QED) is 0.814. The third-order valence-electron chi connectivity index (χ3n) is 4.27. The van der Waals surface area contributed by atoms with E-state index >= 15 is 0 Å². The van der Waals surface area contributed by atoms with Crippen molar-refractivity contribution < 1.29 is 9.53 Å². The minimum atomic E-state index is -0.0747. The normalized spacial score (nSPS) is 21.4. The lowest BCUT2D eigenvalue weighted by atomic mass is 9.83. The SMILES string of the molecule is COC(=O)CCC1CCC(NCc2ccccc2)CC1.Cl. The van der Waals surface area contributed by atoms with Crippen molar-refractivity contribution in [1.29, 1.82) is 0 Å². The highest BCUT2D eigenvalue weighted by Crippen LogP contribution is 2.28. The minimum Gasteiger partial charge on any atom is -0.469 e. The summed E-state index contributed by atoms with van der Waals surface area (Å²) in [6, 6.07) is 11.2. The molecule has 118 valence electrons. The van der Waals surface area contributed by atoms with Crippen molar-refractivity contribution in [2.45, 2.75) is 51.1 Å². The molecule has 1 aromatic rings. The Morgan fingerprint density at radius 1 is 1.19 bits per heavy atom. The Hall–Kier alpha value is -1.06. The molecular formula is C17H26ClNO2. The van der Waals surface area contributed by atoms with Crippen LogP contribution >= 0.6 is 12.4 Å². The van der Waals surface area contributed by atoms with E-state index in [1.165, 1.54) is 38.4 Å². The first kappa shape index (κ1) is 18.0. The number of halogens is 1. The minimum absolute atomic E-state index is 0. The molecule has 1 N–H and O–H groups in total. The molecule has 1 aromatic carbocycles. The zero-order chi connectivity index (χ0) is 14.2. The molecule has 1 aliphatic rings. The second-order valence-corrected chi connectivity index (χ2v) is 5.70. The molecule has 0 aromatic heterocycles. The van der Waals surface area contributed by atoms with Gasteiger partial charge in [0.05, 0.1) is 7.11 Å². The van der Waals surface area contributed by atoms with Crippen LogP contribution in [0.5, 0.6) is 0 Å². The number of hydrogen-bond acceptors (Lipinski definition) is 3. The number of methoxy groups -OCH3 is 1. The molecule has 3 nitrogen and oxygen atoms in total. The molecule has 0 unspecified atom stereocenters. The molecule has 21 heavy (non-hydrogen) atoms. The van der Waals surface area contributed by atoms with Crippen molar-refractivity contribution in [3.8, 4) is 0 Å². The summed E-state index contributed by atoms with van der Waals surface area (Å²) in [6.45, 7) is 0.957. The molecular weight excluding hydrogens is 286 g/mol. The number of rotatable bonds is 6. The van der Waals surface area contributed by atoms with Gasteiger partial charge in [-0.1, -0.05) is 30.3 Å². The van der Waals surface area contributed by atoms with E-state index in [-0.39, 0.29) is 18.4 Å². The summed E-state index contributed by atoms with van der Waals surface area (Å²) in [5.41, 5.74) is 1.35. The zero-order valence-electron chi connectivity index (χ0n) is 12.7. The van der Waals surface area contributed by atoms with E-state index in [1.807, 2.05) is 0 Å². The van der Waals surface area contributed by atoms with Gasteiger partial charge in [-0.05, 0) is 43.6 Å². The topological polar surface area (TPSA) is 38.3 Å². The molecule has 1 fully saturated rings. The van der Waals surface area contributed by atoms with Gasteiger partial charge in [-0.15, -0.1) is 12.4 Å². The van der Waals surface area contributed by atoms with Crippen LogP contribution < -0.4 is 5.32 Å². The summed E-state index contributed by atoms with van der Waals surface area (Å²) in [5, 5.41) is 3.64. The largest absolute Gasteiger partial charge is 0.469 e. The van der Waals surface area contributed by atoms with Gasteiger partial charge in [0.25, 0.3) is 0 Å². The fraction of sp³-hybridized carbons (Fsp3) is 0.588. The Balaban J connectivity index is 0.00000220. The Morgan fingerprint density at radius 2 is 1.86 bits per heavy atom. The smallest absolute Gasteiger partial charge is 0.305 e. The molecule has 0 bridgehead atoms. The van der Waals surface area contributed by atoms with E-state index in [0.29, 0.717) is 18.4 Å². The first-order chi connectivity index (χ1) is 9.78. The summed E-state index contributed by atoms with van der Waals surface area (Å²) in [5.74, 6) is 0.623. The van der Waals surface area contributed by atoms with Crippen molar-refractivity contribution in [3.63, 3.8) is 0 Å². The van der Waals surface area contributed by atoms with Crippen LogP contribution in [0.1, 0.15) is 44.1 Å². The summed E-state index contributed by atoms with van der Waals surface area (Å²) < 4.78 is 4.70. The highest BCUT2D eigenvalue weighted by molar-refractivity contribution is 5.85. The number of nitrogens with one attached hydrogen (secondary N) is 1. The molecule has 0 saturated heterocycles. The van der Waals surface area contributed by atoms with Gasteiger partial charge in [0.15, 0.2) is 0 Å². The Labute approximate surface area is 133 Å². The number of hydrogen-bond donors (Lipinski definition) is 1. The predicted octanol–water partition coefficient (Wildman–Crippen LogP) is 3.71. The molecule has 0 spiro atoms. The third-order valence-corrected chi connectivity index (χ3v) is 4.27. The van der Waals surface area contributed by atoms with Gasteiger partial charge in [0.1, 0.15) is 0 Å². The van der Waals surface area contributed by atoms with Crippen LogP contribution in [0.4, 0.5) is 0 Å². The zero-order valence-corrected chi connectivity index (χ0v) is 13.5. The van der Waals surface area contributed by atoms with Crippen LogP contribution in [-0.4, -0.2) is 19.1 Å². The van der Waals surface area contributed by atoms with Gasteiger partial charge in [0, 0.05) is 19.0 Å². The Bertz CT molecular complexity index is 403. The van der Waals surface area contributed by atoms with E-state index in [2.05, 4.69) is 35.6 Å². The Kier molecular flexibility index (Phi) is 8.40. The highest BCUT2D eigenvalue weighted by Gasteiger charge is 2.21. The van der Waals surface area contributed by atoms with Crippen LogP contribution in [-0.2, 0) is 16.1 Å². The molecule has 4 heteroatoms. The lowest BCUT2D eigenvalue weighted by Crippen LogP contribution is -2.32. The molecule has 1 aliphatic carbocycles. The average Bonchev–Trinajstić information content (AvgIpc) is 2.52. The average molecular weight is 312 g/mol. The molecule has 2 rings (SSSR count). The van der Waals surface area contributed by atoms with E-state index in [4.69, 9.17) is 4.74 Å². The van der Waals surface area contributed by atoms with Crippen LogP contribution in [0.2, 0.25) is 0 Å². The van der Waals surface area contributed by atoms with Crippen molar-refractivity contribution in [1.82, 2.24) is 5.32 Å². The molecule has 0 atom stereocenters. The maximum Gasteiger partial charge on any atom is 0.305 e. The van der Waals surface area contributed by atoms with Crippen molar-refractivity contribution in [2.75, 3.05) is 7.11 Å². The van der Waals surface area contributed by atoms with E-state index < -0.39 is 0 Å². The monoisotopic (exact) mass is 311 g/mol. The van der Waals surface area contributed by atoms with Crippen molar-refractivity contribution in [2.24, 2.45) is 5.92 Å². The standard InChI is InChI=1S/C17H25NO2.ClH/c1-20-17(19)12-9-14-7-10-16(11-8-14)18-13-15-5-3-2-4-6-15;/h2-6,14,16,18H,7-13H2,1H3;1H. The molecule has 1 saturated carbocycles. The van der Waals surface area contributed by atoms with Gasteiger partial charge in [-0.25, -0.2) is 0 Å². The fourth-order valence-electron chi connectivity index (χ4n) is 2.94. The second kappa shape index (κ2) is 9.80. The number of ether oxygens (including phenoxy) is 1. The van der Waals surface area contributed by atoms with Crippen LogP contribution in [0, 0.1) is 5.92 Å². The molecule has 0 heterocycles. The molecule has 0 amide bonds. The van der Waals surface area contributed by atoms with Gasteiger partial charge >= 0.3 is 5.97 Å². The van der Waals surface area contributed by atoms with Gasteiger partial charge < -0.3 is 10.1 Å². The molecule has 0 aliphatic heterocycles. The number of benzene rings is 1. The van der Waals surface area contributed by atoms with Gasteiger partial charge in [-0.3, -0.25) is 4.79 Å². The van der Waals surface area contributed by atoms with Crippen molar-refractivity contribution in [3.05, 3.63) is 35.9 Å². The lowest BCUT2D eigenvalue weighted by molar-refractivity contribution is -0.141. The Morgan fingerprint density at radius 3 is 2.48 bits per heavy atom. The molecule has 0 radical (unpaired) electrons. The second-order valence-electron chi connectivity index (χ2n) is 5.70. The summed E-state index contributed by atoms with van der Waals surface area (Å²) in [7, 11) is 1.47. The first-order valence-electron chi connectivity index (χ1n) is 7.62. The van der Waals surface area contributed by atoms with Crippen LogP contribution in [0.25, 0.3) is 0 Å². The first-order valence-corrected chi connectivity index (χ1v) is 7.62. The number of carbonyl (C=O) groups excluding carboxylic acids is 1. The number of esters is 1. The lowest BCUT2D eigenvalue weighted by Gasteiger charge is -2.29. The fourth-order valence-corrected chi connectivity index (χ4v) is 2.94. The number of carbonyl (C=O) groups is 1. The van der Waals surface area contributed by atoms with E-state index in [9.17, 15) is 4.79 Å². The summed E-state index contributed by atoms with van der Waals surface area (Å²) in [6.07, 6.45) is 6.45. The van der Waals surface area contributed by atoms with E-state index in [1.54, 1.807) is 0 Å². The highest BCUT2D eigenvalue weighted by atomic mass is 35.5.